The quantitative estimate of drug-likeness (QED) is 0.839. The third-order valence-corrected chi connectivity index (χ3v) is 3.23. The molecule has 0 fully saturated rings. The number of aromatic carboxylic acids is 1. The van der Waals surface area contributed by atoms with Gasteiger partial charge in [0.1, 0.15) is 21.2 Å². The van der Waals surface area contributed by atoms with Crippen molar-refractivity contribution in [2.24, 2.45) is 0 Å². The van der Waals surface area contributed by atoms with E-state index in [1.165, 1.54) is 12.3 Å². The molecule has 0 aromatic carbocycles. The van der Waals surface area contributed by atoms with Gasteiger partial charge in [-0.15, -0.1) is 0 Å². The molecule has 6 nitrogen and oxygen atoms in total. The van der Waals surface area contributed by atoms with Crippen molar-refractivity contribution in [3.63, 3.8) is 0 Å². The molecule has 0 bridgehead atoms. The Balaban J connectivity index is 2.81. The molecule has 0 spiro atoms. The molecule has 0 saturated carbocycles. The van der Waals surface area contributed by atoms with Crippen molar-refractivity contribution >= 4 is 37.6 Å². The van der Waals surface area contributed by atoms with Crippen molar-refractivity contribution in [3.05, 3.63) is 22.3 Å². The lowest BCUT2D eigenvalue weighted by molar-refractivity contribution is 0.0697. The molecule has 2 N–H and O–H groups in total. The zero-order valence-corrected chi connectivity index (χ0v) is 11.4. The zero-order chi connectivity index (χ0) is 13.1. The van der Waals surface area contributed by atoms with E-state index < -0.39 is 15.8 Å². The van der Waals surface area contributed by atoms with E-state index in [2.05, 4.69) is 26.2 Å². The maximum Gasteiger partial charge on any atom is 0.339 e. The second-order valence-corrected chi connectivity index (χ2v) is 6.59. The van der Waals surface area contributed by atoms with Crippen LogP contribution in [0.25, 0.3) is 0 Å². The Bertz CT molecular complexity index is 530. The largest absolute Gasteiger partial charge is 0.478 e. The van der Waals surface area contributed by atoms with Crippen LogP contribution in [-0.4, -0.2) is 43.0 Å². The van der Waals surface area contributed by atoms with Crippen LogP contribution in [0.1, 0.15) is 10.4 Å². The van der Waals surface area contributed by atoms with Crippen LogP contribution < -0.4 is 5.32 Å². The van der Waals surface area contributed by atoms with Gasteiger partial charge in [-0.25, -0.2) is 18.2 Å². The number of aromatic nitrogens is 1. The van der Waals surface area contributed by atoms with E-state index in [4.69, 9.17) is 5.11 Å². The van der Waals surface area contributed by atoms with Gasteiger partial charge in [0.15, 0.2) is 0 Å². The zero-order valence-electron chi connectivity index (χ0n) is 8.97. The number of carbonyl (C=O) groups is 1. The summed E-state index contributed by atoms with van der Waals surface area (Å²) in [6.07, 6.45) is 2.55. The number of nitrogens with one attached hydrogen (secondary N) is 1. The van der Waals surface area contributed by atoms with Gasteiger partial charge in [0.2, 0.25) is 0 Å². The molecule has 0 radical (unpaired) electrons. The van der Waals surface area contributed by atoms with Crippen molar-refractivity contribution < 1.29 is 18.3 Å². The van der Waals surface area contributed by atoms with E-state index in [1.807, 2.05) is 0 Å². The highest BCUT2D eigenvalue weighted by atomic mass is 79.9. The number of halogens is 1. The fourth-order valence-electron chi connectivity index (χ4n) is 1.10. The third-order valence-electron chi connectivity index (χ3n) is 1.85. The summed E-state index contributed by atoms with van der Waals surface area (Å²) in [5, 5.41) is 11.6. The number of hydrogen-bond donors (Lipinski definition) is 2. The number of nitrogens with zero attached hydrogens (tertiary/aromatic N) is 1. The SMILES string of the molecule is CS(=O)(=O)CCNc1ncc(Br)cc1C(=O)O. The van der Waals surface area contributed by atoms with Gasteiger partial charge in [0.05, 0.1) is 5.75 Å². The van der Waals surface area contributed by atoms with Crippen LogP contribution in [-0.2, 0) is 9.84 Å². The molecule has 1 aromatic heterocycles. The first-order valence-electron chi connectivity index (χ1n) is 4.60. The van der Waals surface area contributed by atoms with Gasteiger partial charge in [0, 0.05) is 23.5 Å². The lowest BCUT2D eigenvalue weighted by Crippen LogP contribution is -2.16. The van der Waals surface area contributed by atoms with Crippen LogP contribution in [0, 0.1) is 0 Å². The molecule has 8 heteroatoms. The van der Waals surface area contributed by atoms with Gasteiger partial charge in [0.25, 0.3) is 0 Å². The minimum absolute atomic E-state index is 0.00660. The molecular weight excluding hydrogens is 312 g/mol. The molecule has 0 atom stereocenters. The summed E-state index contributed by atoms with van der Waals surface area (Å²) in [7, 11) is -3.08. The number of hydrogen-bond acceptors (Lipinski definition) is 5. The van der Waals surface area contributed by atoms with Crippen molar-refractivity contribution in [3.8, 4) is 0 Å². The highest BCUT2D eigenvalue weighted by Crippen LogP contribution is 2.17. The van der Waals surface area contributed by atoms with Gasteiger partial charge in [-0.1, -0.05) is 0 Å². The molecule has 17 heavy (non-hydrogen) atoms. The van der Waals surface area contributed by atoms with Gasteiger partial charge < -0.3 is 10.4 Å². The Labute approximate surface area is 107 Å². The molecule has 1 heterocycles. The molecular formula is C9H11BrN2O4S. The summed E-state index contributed by atoms with van der Waals surface area (Å²) < 4.78 is 22.4. The van der Waals surface area contributed by atoms with E-state index >= 15 is 0 Å². The predicted molar refractivity (Wildman–Crippen MR) is 67.1 cm³/mol. The summed E-state index contributed by atoms with van der Waals surface area (Å²) in [4.78, 5) is 14.8. The van der Waals surface area contributed by atoms with Crippen LogP contribution in [0.4, 0.5) is 5.82 Å². The lowest BCUT2D eigenvalue weighted by Gasteiger charge is -2.07. The average molecular weight is 323 g/mol. The number of anilines is 1. The highest BCUT2D eigenvalue weighted by Gasteiger charge is 2.12. The summed E-state index contributed by atoms with van der Waals surface area (Å²) >= 11 is 3.12. The van der Waals surface area contributed by atoms with Crippen LogP contribution in [0.5, 0.6) is 0 Å². The van der Waals surface area contributed by atoms with Crippen LogP contribution >= 0.6 is 15.9 Å². The molecule has 94 valence electrons. The van der Waals surface area contributed by atoms with Crippen molar-refractivity contribution in [2.75, 3.05) is 23.9 Å². The summed E-state index contributed by atoms with van der Waals surface area (Å²) in [6, 6.07) is 1.40. The van der Waals surface area contributed by atoms with Crippen molar-refractivity contribution in [1.29, 1.82) is 0 Å². The number of pyridine rings is 1. The number of sulfone groups is 1. The van der Waals surface area contributed by atoms with Crippen LogP contribution in [0.15, 0.2) is 16.7 Å². The maximum atomic E-state index is 10.9. The van der Waals surface area contributed by atoms with E-state index in [0.29, 0.717) is 4.47 Å². The van der Waals surface area contributed by atoms with Crippen LogP contribution in [0.2, 0.25) is 0 Å². The Morgan fingerprint density at radius 1 is 1.59 bits per heavy atom. The van der Waals surface area contributed by atoms with E-state index in [1.54, 1.807) is 0 Å². The molecule has 0 aliphatic carbocycles. The Morgan fingerprint density at radius 2 is 2.24 bits per heavy atom. The monoisotopic (exact) mass is 322 g/mol. The van der Waals surface area contributed by atoms with E-state index in [-0.39, 0.29) is 23.7 Å². The van der Waals surface area contributed by atoms with Gasteiger partial charge in [-0.05, 0) is 22.0 Å². The molecule has 0 saturated heterocycles. The summed E-state index contributed by atoms with van der Waals surface area (Å²) in [5.74, 6) is -1.05. The molecule has 0 unspecified atom stereocenters. The smallest absolute Gasteiger partial charge is 0.339 e. The number of carboxylic acid groups (broad SMARTS) is 1. The fourth-order valence-corrected chi connectivity index (χ4v) is 1.90. The standard InChI is InChI=1S/C9H11BrN2O4S/c1-17(15,16)3-2-11-8-7(9(13)14)4-6(10)5-12-8/h4-5H,2-3H2,1H3,(H,11,12)(H,13,14). The first-order valence-corrected chi connectivity index (χ1v) is 7.45. The number of carboxylic acids is 1. The van der Waals surface area contributed by atoms with Gasteiger partial charge in [-0.3, -0.25) is 0 Å². The first kappa shape index (κ1) is 13.9. The number of rotatable bonds is 5. The van der Waals surface area contributed by atoms with Crippen LogP contribution in [0.3, 0.4) is 0 Å². The van der Waals surface area contributed by atoms with Gasteiger partial charge >= 0.3 is 5.97 Å². The van der Waals surface area contributed by atoms with E-state index in [9.17, 15) is 13.2 Å². The minimum atomic E-state index is -3.08. The topological polar surface area (TPSA) is 96.4 Å². The Kier molecular flexibility index (Phi) is 4.47. The molecule has 0 aliphatic rings. The van der Waals surface area contributed by atoms with Crippen molar-refractivity contribution in [2.45, 2.75) is 0 Å². The Hall–Kier alpha value is -1.15. The molecule has 1 aromatic rings. The second kappa shape index (κ2) is 5.46. The molecule has 0 aliphatic heterocycles. The molecule has 1 rings (SSSR count). The lowest BCUT2D eigenvalue weighted by atomic mass is 10.2. The first-order chi connectivity index (χ1) is 7.79. The second-order valence-electron chi connectivity index (χ2n) is 3.41. The fraction of sp³-hybridized carbons (Fsp3) is 0.333. The average Bonchev–Trinajstić information content (AvgIpc) is 2.18. The highest BCUT2D eigenvalue weighted by molar-refractivity contribution is 9.10. The maximum absolute atomic E-state index is 10.9. The van der Waals surface area contributed by atoms with Gasteiger partial charge in [-0.2, -0.15) is 0 Å². The van der Waals surface area contributed by atoms with Crippen molar-refractivity contribution in [1.82, 2.24) is 4.98 Å². The predicted octanol–water partition coefficient (Wildman–Crippen LogP) is 0.999. The molecule has 0 amide bonds. The Morgan fingerprint density at radius 3 is 2.76 bits per heavy atom. The normalized spacial score (nSPS) is 11.2. The van der Waals surface area contributed by atoms with E-state index in [0.717, 1.165) is 6.26 Å². The summed E-state index contributed by atoms with van der Waals surface area (Å²) in [5.41, 5.74) is -0.00660. The summed E-state index contributed by atoms with van der Waals surface area (Å²) in [6.45, 7) is 0.119. The minimum Gasteiger partial charge on any atom is -0.478 e. The third kappa shape index (κ3) is 4.70.